The summed E-state index contributed by atoms with van der Waals surface area (Å²) in [6.07, 6.45) is 2.57. The summed E-state index contributed by atoms with van der Waals surface area (Å²) in [6.45, 7) is 2.03. The summed E-state index contributed by atoms with van der Waals surface area (Å²) < 4.78 is 1.75. The highest BCUT2D eigenvalue weighted by Gasteiger charge is 2.19. The molecule has 2 aromatic rings. The number of rotatable bonds is 8. The molecule has 7 nitrogen and oxygen atoms in total. The maximum atomic E-state index is 8.83. The molecule has 0 radical (unpaired) electrons. The van der Waals surface area contributed by atoms with Gasteiger partial charge in [-0.1, -0.05) is 43.2 Å². The zero-order valence-electron chi connectivity index (χ0n) is 12.7. The van der Waals surface area contributed by atoms with Crippen molar-refractivity contribution >= 4 is 7.12 Å². The van der Waals surface area contributed by atoms with Gasteiger partial charge in [0, 0.05) is 0 Å². The predicted molar refractivity (Wildman–Crippen MR) is 83.9 cm³/mol. The lowest BCUT2D eigenvalue weighted by molar-refractivity contribution is 0.400. The van der Waals surface area contributed by atoms with Crippen LogP contribution in [-0.4, -0.2) is 37.4 Å². The van der Waals surface area contributed by atoms with Crippen molar-refractivity contribution in [3.05, 3.63) is 41.7 Å². The molecule has 1 aromatic carbocycles. The number of hydrogen-bond donors (Lipinski definition) is 3. The number of unbranched alkanes of at least 4 members (excludes halogenated alkanes) is 1. The number of nitrogens with zero attached hydrogens (tertiary/aromatic N) is 4. The lowest BCUT2D eigenvalue weighted by atomic mass is 9.83. The van der Waals surface area contributed by atoms with E-state index < -0.39 is 7.12 Å². The van der Waals surface area contributed by atoms with E-state index in [1.165, 1.54) is 0 Å². The zero-order valence-corrected chi connectivity index (χ0v) is 12.7. The molecule has 0 fully saturated rings. The van der Waals surface area contributed by atoms with Gasteiger partial charge in [-0.2, -0.15) is 0 Å². The molecule has 0 spiro atoms. The van der Waals surface area contributed by atoms with Gasteiger partial charge < -0.3 is 15.8 Å². The van der Waals surface area contributed by atoms with Gasteiger partial charge >= 0.3 is 7.12 Å². The molecule has 22 heavy (non-hydrogen) atoms. The van der Waals surface area contributed by atoms with E-state index in [9.17, 15) is 0 Å². The molecule has 2 unspecified atom stereocenters. The molecule has 8 heteroatoms. The Labute approximate surface area is 130 Å². The molecule has 0 bridgehead atoms. The van der Waals surface area contributed by atoms with Gasteiger partial charge in [-0.15, -0.1) is 5.10 Å². The van der Waals surface area contributed by atoms with E-state index in [1.807, 2.05) is 37.3 Å². The van der Waals surface area contributed by atoms with Crippen LogP contribution in [0.5, 0.6) is 0 Å². The van der Waals surface area contributed by atoms with Gasteiger partial charge in [0.25, 0.3) is 0 Å². The first-order valence-corrected chi connectivity index (χ1v) is 7.54. The van der Waals surface area contributed by atoms with Crippen LogP contribution in [0.25, 0.3) is 0 Å². The number of hydrogen-bond acceptors (Lipinski definition) is 6. The highest BCUT2D eigenvalue weighted by Crippen LogP contribution is 2.22. The van der Waals surface area contributed by atoms with Crippen LogP contribution in [0, 0.1) is 0 Å². The van der Waals surface area contributed by atoms with Crippen molar-refractivity contribution in [2.24, 2.45) is 5.73 Å². The van der Waals surface area contributed by atoms with Gasteiger partial charge in [-0.25, -0.2) is 4.68 Å². The van der Waals surface area contributed by atoms with E-state index in [4.69, 9.17) is 15.8 Å². The summed E-state index contributed by atoms with van der Waals surface area (Å²) in [4.78, 5) is 0. The summed E-state index contributed by atoms with van der Waals surface area (Å²) in [5, 5.41) is 29.5. The van der Waals surface area contributed by atoms with Crippen molar-refractivity contribution in [1.29, 1.82) is 0 Å². The van der Waals surface area contributed by atoms with Crippen LogP contribution in [0.15, 0.2) is 30.3 Å². The van der Waals surface area contributed by atoms with Gasteiger partial charge in [0.1, 0.15) is 0 Å². The smallest absolute Gasteiger partial charge is 0.427 e. The third-order valence-corrected chi connectivity index (χ3v) is 3.73. The van der Waals surface area contributed by atoms with Crippen LogP contribution in [0.2, 0.25) is 6.32 Å². The summed E-state index contributed by atoms with van der Waals surface area (Å²) in [6, 6.07) is 9.74. The second-order valence-corrected chi connectivity index (χ2v) is 5.44. The molecule has 4 N–H and O–H groups in total. The normalized spacial score (nSPS) is 13.8. The Morgan fingerprint density at radius 1 is 1.23 bits per heavy atom. The van der Waals surface area contributed by atoms with Crippen molar-refractivity contribution in [2.75, 3.05) is 0 Å². The highest BCUT2D eigenvalue weighted by molar-refractivity contribution is 6.40. The Kier molecular flexibility index (Phi) is 6.05. The zero-order chi connectivity index (χ0) is 15.9. The molecule has 2 rings (SSSR count). The van der Waals surface area contributed by atoms with Crippen LogP contribution in [0.4, 0.5) is 0 Å². The van der Waals surface area contributed by atoms with Crippen LogP contribution < -0.4 is 5.73 Å². The minimum absolute atomic E-state index is 0.0107. The Morgan fingerprint density at radius 2 is 1.95 bits per heavy atom. The molecular weight excluding hydrogens is 281 g/mol. The summed E-state index contributed by atoms with van der Waals surface area (Å²) in [5.74, 6) is 0.654. The number of tetrazole rings is 1. The molecular formula is C14H22BN5O2. The number of benzene rings is 1. The van der Waals surface area contributed by atoms with E-state index >= 15 is 0 Å². The molecule has 0 saturated carbocycles. The molecule has 0 aliphatic rings. The maximum absolute atomic E-state index is 8.83. The van der Waals surface area contributed by atoms with E-state index in [2.05, 4.69) is 15.5 Å². The Morgan fingerprint density at radius 3 is 2.64 bits per heavy atom. The summed E-state index contributed by atoms with van der Waals surface area (Å²) in [5.41, 5.74) is 7.30. The third-order valence-electron chi connectivity index (χ3n) is 3.73. The van der Waals surface area contributed by atoms with Crippen molar-refractivity contribution < 1.29 is 10.0 Å². The van der Waals surface area contributed by atoms with Crippen LogP contribution >= 0.6 is 0 Å². The van der Waals surface area contributed by atoms with Crippen molar-refractivity contribution in [3.63, 3.8) is 0 Å². The minimum Gasteiger partial charge on any atom is -0.427 e. The average molecular weight is 303 g/mol. The first-order valence-electron chi connectivity index (χ1n) is 7.54. The van der Waals surface area contributed by atoms with Gasteiger partial charge in [-0.05, 0) is 35.7 Å². The third kappa shape index (κ3) is 4.36. The first-order chi connectivity index (χ1) is 10.6. The fraction of sp³-hybridized carbons (Fsp3) is 0.500. The monoisotopic (exact) mass is 303 g/mol. The maximum Gasteiger partial charge on any atom is 0.451 e. The number of nitrogens with two attached hydrogens (primary N) is 1. The fourth-order valence-electron chi connectivity index (χ4n) is 2.41. The van der Waals surface area contributed by atoms with Crippen molar-refractivity contribution in [3.8, 4) is 0 Å². The van der Waals surface area contributed by atoms with E-state index in [-0.39, 0.29) is 12.1 Å². The lowest BCUT2D eigenvalue weighted by Gasteiger charge is -2.17. The SMILES string of the molecule is CC(c1ccccc1)n1nnnc1C(N)CCCCB(O)O. The van der Waals surface area contributed by atoms with E-state index in [0.717, 1.165) is 12.0 Å². The fourth-order valence-corrected chi connectivity index (χ4v) is 2.41. The molecule has 0 saturated heterocycles. The molecule has 0 aliphatic heterocycles. The van der Waals surface area contributed by atoms with Crippen molar-refractivity contribution in [2.45, 2.75) is 44.6 Å². The predicted octanol–water partition coefficient (Wildman–Crippen LogP) is 0.925. The van der Waals surface area contributed by atoms with Crippen LogP contribution in [0.1, 0.15) is 49.7 Å². The van der Waals surface area contributed by atoms with Crippen molar-refractivity contribution in [1.82, 2.24) is 20.2 Å². The largest absolute Gasteiger partial charge is 0.451 e. The molecule has 1 heterocycles. The van der Waals surface area contributed by atoms with E-state index in [0.29, 0.717) is 25.0 Å². The second-order valence-electron chi connectivity index (χ2n) is 5.44. The molecule has 0 amide bonds. The second kappa shape index (κ2) is 8.02. The van der Waals surface area contributed by atoms with Gasteiger partial charge in [0.2, 0.25) is 0 Å². The standard InChI is InChI=1S/C14H22BN5O2/c1-11(12-7-3-2-4-8-12)20-14(17-18-19-20)13(16)9-5-6-10-15(21)22/h2-4,7-8,11,13,21-22H,5-6,9-10,16H2,1H3. The minimum atomic E-state index is -1.25. The highest BCUT2D eigenvalue weighted by atomic mass is 16.4. The van der Waals surface area contributed by atoms with Gasteiger partial charge in [-0.3, -0.25) is 0 Å². The Hall–Kier alpha value is -1.77. The lowest BCUT2D eigenvalue weighted by Crippen LogP contribution is -2.20. The van der Waals surface area contributed by atoms with Crippen LogP contribution in [-0.2, 0) is 0 Å². The van der Waals surface area contributed by atoms with E-state index in [1.54, 1.807) is 4.68 Å². The summed E-state index contributed by atoms with van der Waals surface area (Å²) >= 11 is 0. The van der Waals surface area contributed by atoms with Gasteiger partial charge in [0.15, 0.2) is 5.82 Å². The Balaban J connectivity index is 1.99. The molecule has 118 valence electrons. The average Bonchev–Trinajstić information content (AvgIpc) is 3.01. The van der Waals surface area contributed by atoms with Crippen LogP contribution in [0.3, 0.4) is 0 Å². The number of aromatic nitrogens is 4. The molecule has 2 atom stereocenters. The Bertz CT molecular complexity index is 563. The molecule has 0 aliphatic carbocycles. The van der Waals surface area contributed by atoms with Gasteiger partial charge in [0.05, 0.1) is 12.1 Å². The summed E-state index contributed by atoms with van der Waals surface area (Å²) in [7, 11) is -1.25. The molecule has 1 aromatic heterocycles. The quantitative estimate of drug-likeness (QED) is 0.494. The first kappa shape index (κ1) is 16.6. The topological polar surface area (TPSA) is 110 Å².